The number of β-amino-alcohol motifs (C(OH)–C–C–N with tert-alkyl or cyclic N) is 1. The van der Waals surface area contributed by atoms with E-state index >= 15 is 0 Å². The first-order valence-corrected chi connectivity index (χ1v) is 28.8. The van der Waals surface area contributed by atoms with E-state index in [0.717, 1.165) is 104 Å². The second-order valence-electron chi connectivity index (χ2n) is 22.9. The lowest BCUT2D eigenvalue weighted by Crippen LogP contribution is -2.54. The Labute approximate surface area is 460 Å². The number of aryl methyl sites for hydroxylation is 1. The quantitative estimate of drug-likeness (QED) is 0.0636. The van der Waals surface area contributed by atoms with Crippen LogP contribution < -0.4 is 30.3 Å². The molecule has 4 aliphatic heterocycles. The first kappa shape index (κ1) is 53.2. The highest BCUT2D eigenvalue weighted by Gasteiger charge is 2.45. The summed E-state index contributed by atoms with van der Waals surface area (Å²) in [5.41, 5.74) is 14.5. The third-order valence-electron chi connectivity index (χ3n) is 17.1. The van der Waals surface area contributed by atoms with Crippen molar-refractivity contribution >= 4 is 40.3 Å². The molecular weight excluding hydrogens is 1010 g/mol. The highest BCUT2D eigenvalue weighted by Crippen LogP contribution is 2.41. The maximum Gasteiger partial charge on any atom is 0.254 e. The number of rotatable bonds is 18. The van der Waals surface area contributed by atoms with Gasteiger partial charge in [0.25, 0.3) is 5.88 Å². The van der Waals surface area contributed by atoms with Crippen molar-refractivity contribution in [2.24, 2.45) is 23.7 Å². The molecule has 0 spiro atoms. The summed E-state index contributed by atoms with van der Waals surface area (Å²) in [6.07, 6.45) is 7.55. The van der Waals surface area contributed by atoms with Gasteiger partial charge in [0.05, 0.1) is 46.2 Å². The number of aromatic hydroxyl groups is 1. The number of amides is 2. The smallest absolute Gasteiger partial charge is 0.254 e. The summed E-state index contributed by atoms with van der Waals surface area (Å²) < 4.78 is 18.4. The van der Waals surface area contributed by atoms with Gasteiger partial charge < -0.3 is 54.9 Å². The van der Waals surface area contributed by atoms with Crippen LogP contribution in [0.2, 0.25) is 0 Å². The van der Waals surface area contributed by atoms with Gasteiger partial charge in [0.1, 0.15) is 23.8 Å². The molecule has 1 aliphatic carbocycles. The van der Waals surface area contributed by atoms with E-state index in [-0.39, 0.29) is 48.6 Å². The first-order chi connectivity index (χ1) is 37.7. The second-order valence-corrected chi connectivity index (χ2v) is 23.7. The summed E-state index contributed by atoms with van der Waals surface area (Å²) in [4.78, 5) is 47.2. The van der Waals surface area contributed by atoms with Crippen molar-refractivity contribution in [1.29, 1.82) is 0 Å². The molecule has 2 aromatic carbocycles. The van der Waals surface area contributed by atoms with Crippen LogP contribution in [-0.4, -0.2) is 133 Å². The molecule has 78 heavy (non-hydrogen) atoms. The van der Waals surface area contributed by atoms with Crippen molar-refractivity contribution in [2.75, 3.05) is 61.4 Å². The summed E-state index contributed by atoms with van der Waals surface area (Å²) >= 11 is 1.60. The Morgan fingerprint density at radius 3 is 2.44 bits per heavy atom. The number of aromatic nitrogens is 5. The van der Waals surface area contributed by atoms with Gasteiger partial charge in [-0.2, -0.15) is 0 Å². The molecule has 1 saturated carbocycles. The number of pyridine rings is 1. The van der Waals surface area contributed by atoms with Crippen molar-refractivity contribution in [1.82, 2.24) is 40.4 Å². The zero-order valence-electron chi connectivity index (χ0n) is 45.3. The largest absolute Gasteiger partial charge is 0.507 e. The summed E-state index contributed by atoms with van der Waals surface area (Å²) in [7, 11) is 0. The minimum absolute atomic E-state index is 0.0620. The van der Waals surface area contributed by atoms with E-state index in [0.29, 0.717) is 71.0 Å². The number of nitrogens with one attached hydrogen (secondary N) is 1. The predicted octanol–water partition coefficient (Wildman–Crippen LogP) is 8.27. The Kier molecular flexibility index (Phi) is 15.6. The number of fused-ring (bicyclic) bond motifs is 2. The number of piperazine rings is 1. The summed E-state index contributed by atoms with van der Waals surface area (Å²) in [6, 6.07) is 22.6. The van der Waals surface area contributed by atoms with Gasteiger partial charge in [-0.15, -0.1) is 21.5 Å². The van der Waals surface area contributed by atoms with Gasteiger partial charge in [-0.05, 0) is 123 Å². The van der Waals surface area contributed by atoms with Crippen LogP contribution in [0.5, 0.6) is 17.5 Å². The molecule has 11 rings (SSSR count). The molecule has 2 amide bonds. The van der Waals surface area contributed by atoms with Crippen molar-refractivity contribution in [3.8, 4) is 39.2 Å². The van der Waals surface area contributed by atoms with Crippen LogP contribution in [0.3, 0.4) is 0 Å². The van der Waals surface area contributed by atoms with Crippen LogP contribution in [0.25, 0.3) is 21.7 Å². The molecule has 8 heterocycles. The molecule has 0 radical (unpaired) electrons. The van der Waals surface area contributed by atoms with Crippen LogP contribution >= 0.6 is 11.3 Å². The molecule has 5 fully saturated rings. The number of para-hydroxylation sites is 1. The van der Waals surface area contributed by atoms with Crippen LogP contribution in [0, 0.1) is 30.6 Å². The molecule has 8 atom stereocenters. The van der Waals surface area contributed by atoms with Gasteiger partial charge in [-0.3, -0.25) is 9.59 Å². The number of nitrogens with zero attached hydrogens (tertiary/aromatic N) is 9. The second kappa shape index (κ2) is 22.9. The molecule has 4 aromatic heterocycles. The third kappa shape index (κ3) is 11.4. The molecule has 5 N–H and O–H groups in total. The molecule has 18 nitrogen and oxygen atoms in total. The fourth-order valence-electron chi connectivity index (χ4n) is 12.9. The Hall–Kier alpha value is -6.83. The fourth-order valence-corrected chi connectivity index (χ4v) is 13.7. The number of carbonyl (C=O) groups is 2. The highest BCUT2D eigenvalue weighted by molar-refractivity contribution is 7.13. The number of thiazole rings is 1. The number of likely N-dealkylation sites (tertiary alicyclic amines) is 2. The van der Waals surface area contributed by atoms with E-state index in [4.69, 9.17) is 19.7 Å². The maximum absolute atomic E-state index is 14.3. The molecule has 19 heteroatoms. The molecule has 6 aromatic rings. The van der Waals surface area contributed by atoms with E-state index < -0.39 is 18.1 Å². The third-order valence-corrected chi connectivity index (χ3v) is 18.1. The van der Waals surface area contributed by atoms with Gasteiger partial charge in [-0.1, -0.05) is 57.2 Å². The van der Waals surface area contributed by atoms with E-state index in [1.54, 1.807) is 29.5 Å². The first-order valence-electron chi connectivity index (χ1n) is 27.9. The Morgan fingerprint density at radius 1 is 0.923 bits per heavy atom. The minimum Gasteiger partial charge on any atom is -0.507 e. The maximum atomic E-state index is 14.3. The monoisotopic (exact) mass is 1080 g/mol. The van der Waals surface area contributed by atoms with Crippen molar-refractivity contribution in [3.05, 3.63) is 102 Å². The Balaban J connectivity index is 0.610. The Morgan fingerprint density at radius 2 is 1.71 bits per heavy atom. The van der Waals surface area contributed by atoms with Crippen molar-refractivity contribution < 1.29 is 33.8 Å². The van der Waals surface area contributed by atoms with E-state index in [1.165, 1.54) is 4.90 Å². The average molecular weight is 1080 g/mol. The number of phenols is 1. The predicted molar refractivity (Wildman–Crippen MR) is 299 cm³/mol. The number of aliphatic hydroxyl groups is 1. The number of nitrogen functional groups attached to an aromatic ring is 1. The summed E-state index contributed by atoms with van der Waals surface area (Å²) in [5, 5.41) is 37.1. The number of carbonyl (C=O) groups excluding carboxylic acids is 2. The zero-order valence-corrected chi connectivity index (χ0v) is 46.1. The highest BCUT2D eigenvalue weighted by atomic mass is 32.1. The van der Waals surface area contributed by atoms with E-state index in [9.17, 15) is 19.8 Å². The molecule has 4 saturated heterocycles. The lowest BCUT2D eigenvalue weighted by molar-refractivity contribution is -0.141. The number of benzene rings is 2. The van der Waals surface area contributed by atoms with Crippen molar-refractivity contribution in [3.63, 3.8) is 0 Å². The lowest BCUT2D eigenvalue weighted by atomic mass is 9.80. The van der Waals surface area contributed by atoms with Crippen LogP contribution in [0.1, 0.15) is 102 Å². The van der Waals surface area contributed by atoms with Gasteiger partial charge in [0.2, 0.25) is 17.7 Å². The average Bonchev–Trinajstić information content (AvgIpc) is 4.31. The van der Waals surface area contributed by atoms with Crippen LogP contribution in [0.15, 0.2) is 89.0 Å². The van der Waals surface area contributed by atoms with Gasteiger partial charge in [0.15, 0.2) is 11.6 Å². The Bertz CT molecular complexity index is 3040. The van der Waals surface area contributed by atoms with Gasteiger partial charge in [0, 0.05) is 80.8 Å². The number of ether oxygens (including phenoxy) is 2. The normalized spacial score (nSPS) is 25.0. The number of anilines is 3. The SMILES string of the molecule is Cc1ncsc1-c1ccc([C@H](C)NC(=O)[C@@H]2C[C@@H](O)CN2C(=O)[C@@H](c2cc(OCC[C@@H]3CCN(C[C@H]4C[C@H](Oc5cc(N6C7CCC6CN(c6cc(-c8ccccc8O)nnc6N)C7)ccn5)C4)C[C@@H]3C)no2)C(C)C)cc1. The minimum atomic E-state index is -0.821. The standard InChI is InChI=1S/C59H73N11O7S/c1-34(2)55(59(74)69-32-45(71)25-50(69)58(73)63-36(4)40-10-12-41(13-11-40)56-37(5)62-33-78-56)52-27-54(66-77-52)75-21-18-39-17-20-67(28-35(39)3)29-38-22-46(23-38)76-53-24-42(16-19-61-53)70-43-14-15-44(70)31-68(30-43)49-26-48(64-65-57(49)60)47-8-6-7-9-51(47)72/h6-13,16,19,24,26-27,33-36,38-39,43-46,50,55,71-72H,14-15,17-18,20-23,25,28-32H2,1-5H3,(H2,60,65)(H,63,73)/t35-,36-,38-,39-,43?,44?,45+,46-,50-,55+/m0/s1. The van der Waals surface area contributed by atoms with E-state index in [2.05, 4.69) is 64.4 Å². The summed E-state index contributed by atoms with van der Waals surface area (Å²) in [5.74, 6) is 2.13. The van der Waals surface area contributed by atoms with E-state index in [1.807, 2.05) is 81.9 Å². The molecule has 412 valence electrons. The number of phenolic OH excluding ortho intramolecular Hbond substituents is 1. The fraction of sp³-hybridized carbons (Fsp3) is 0.508. The number of aliphatic hydroxyl groups excluding tert-OH is 1. The molecule has 2 bridgehead atoms. The van der Waals surface area contributed by atoms with Gasteiger partial charge >= 0.3 is 0 Å². The summed E-state index contributed by atoms with van der Waals surface area (Å²) in [6.45, 7) is 15.5. The number of nitrogens with two attached hydrogens (primary N) is 1. The number of hydrogen-bond donors (Lipinski definition) is 4. The van der Waals surface area contributed by atoms with Gasteiger partial charge in [-0.25, -0.2) is 9.97 Å². The topological polar surface area (TPSA) is 222 Å². The molecule has 5 aliphatic rings. The van der Waals surface area contributed by atoms with Crippen molar-refractivity contribution in [2.45, 2.75) is 122 Å². The number of hydrogen-bond acceptors (Lipinski definition) is 17. The van der Waals surface area contributed by atoms with Crippen LogP contribution in [0.4, 0.5) is 17.2 Å². The molecular formula is C59H73N11O7S. The lowest BCUT2D eigenvalue weighted by Gasteiger charge is -2.44. The van der Waals surface area contributed by atoms with Crippen LogP contribution in [-0.2, 0) is 9.59 Å². The zero-order chi connectivity index (χ0) is 54.2. The number of piperidine rings is 1. The molecule has 2 unspecified atom stereocenters.